The number of oxazole rings is 1. The minimum atomic E-state index is -1.83. The minimum absolute atomic E-state index is 0.00781. The first-order chi connectivity index (χ1) is 23.9. The Morgan fingerprint density at radius 3 is 2.12 bits per heavy atom. The van der Waals surface area contributed by atoms with Crippen molar-refractivity contribution in [3.8, 4) is 34.5 Å². The Hall–Kier alpha value is -5.68. The van der Waals surface area contributed by atoms with Gasteiger partial charge in [0.15, 0.2) is 6.10 Å². The van der Waals surface area contributed by atoms with E-state index >= 15 is 0 Å². The number of nitrogens with zero attached hydrogens (tertiary/aromatic N) is 2. The summed E-state index contributed by atoms with van der Waals surface area (Å²) < 4.78 is 27.6. The zero-order chi connectivity index (χ0) is 35.9. The number of phenols is 1. The molecule has 1 saturated heterocycles. The first-order valence-electron chi connectivity index (χ1n) is 15.2. The molecule has 3 aromatic carbocycles. The Kier molecular flexibility index (Phi) is 11.2. The average Bonchev–Trinajstić information content (AvgIpc) is 3.46. The van der Waals surface area contributed by atoms with Gasteiger partial charge in [-0.3, -0.25) is 9.69 Å². The molecule has 6 N–H and O–H groups in total. The monoisotopic (exact) mass is 694 g/mol. The number of hydrogen-bond acceptors (Lipinski definition) is 13. The number of rotatable bonds is 13. The Labute approximate surface area is 284 Å². The number of phenolic OH excluding ortho intramolecular Hbond substituents is 1. The highest BCUT2D eigenvalue weighted by molar-refractivity contribution is 5.78. The molecule has 2 heterocycles. The van der Waals surface area contributed by atoms with Crippen LogP contribution in [0.1, 0.15) is 17.0 Å². The van der Waals surface area contributed by atoms with Crippen LogP contribution in [0, 0.1) is 6.92 Å². The second-order valence-corrected chi connectivity index (χ2v) is 11.3. The maximum Gasteiger partial charge on any atom is 0.416 e. The molecule has 1 fully saturated rings. The van der Waals surface area contributed by atoms with Crippen molar-refractivity contribution in [3.63, 3.8) is 0 Å². The largest absolute Gasteiger partial charge is 0.508 e. The van der Waals surface area contributed by atoms with E-state index in [0.29, 0.717) is 40.6 Å². The van der Waals surface area contributed by atoms with Crippen LogP contribution >= 0.6 is 0 Å². The highest BCUT2D eigenvalue weighted by Crippen LogP contribution is 2.28. The third-order valence-electron chi connectivity index (χ3n) is 7.59. The topological polar surface area (TPSA) is 239 Å². The van der Waals surface area contributed by atoms with Gasteiger partial charge in [-0.1, -0.05) is 12.1 Å². The van der Waals surface area contributed by atoms with Crippen molar-refractivity contribution in [3.05, 3.63) is 89.8 Å². The number of carbonyl (C=O) groups is 3. The van der Waals surface area contributed by atoms with Crippen LogP contribution in [-0.2, 0) is 27.3 Å². The standard InChI is InChI=1S/C34H34N2O14/c1-18-25(35-31(47-18)20-4-10-23(11-5-20)48-33-29(42)27(40)28(41)30(50-33)32(43)44)14-15-46-22-8-2-19(3-9-22)16-36(17-26(38)39)34(45)49-24-12-6-21(37)7-13-24/h2-13,27-30,33,37,40-42H,14-17H2,1H3,(H,38,39)(H,43,44)/t27-,28-,29+,30-,33+/m0/s1. The molecule has 1 aromatic heterocycles. The number of aromatic hydroxyl groups is 1. The van der Waals surface area contributed by atoms with Crippen molar-refractivity contribution < 1.29 is 68.4 Å². The maximum absolute atomic E-state index is 12.6. The van der Waals surface area contributed by atoms with Crippen LogP contribution in [0.3, 0.4) is 0 Å². The summed E-state index contributed by atoms with van der Waals surface area (Å²) in [6, 6.07) is 18.5. The second kappa shape index (κ2) is 15.7. The summed E-state index contributed by atoms with van der Waals surface area (Å²) in [4.78, 5) is 40.9. The second-order valence-electron chi connectivity index (χ2n) is 11.3. The lowest BCUT2D eigenvalue weighted by atomic mass is 9.99. The first kappa shape index (κ1) is 35.6. The van der Waals surface area contributed by atoms with Gasteiger partial charge in [-0.25, -0.2) is 14.6 Å². The lowest BCUT2D eigenvalue weighted by Gasteiger charge is -2.38. The summed E-state index contributed by atoms with van der Waals surface area (Å²) in [5.41, 5.74) is 1.88. The Bertz CT molecular complexity index is 1780. The number of carboxylic acids is 2. The summed E-state index contributed by atoms with van der Waals surface area (Å²) in [7, 11) is 0. The third-order valence-corrected chi connectivity index (χ3v) is 7.59. The van der Waals surface area contributed by atoms with E-state index in [4.69, 9.17) is 23.4 Å². The molecule has 1 amide bonds. The van der Waals surface area contributed by atoms with E-state index in [1.165, 1.54) is 36.4 Å². The molecular formula is C34H34N2O14. The fourth-order valence-electron chi connectivity index (χ4n) is 4.95. The summed E-state index contributed by atoms with van der Waals surface area (Å²) in [5.74, 6) is -0.966. The van der Waals surface area contributed by atoms with Gasteiger partial charge in [0.05, 0.1) is 12.3 Å². The van der Waals surface area contributed by atoms with Crippen molar-refractivity contribution in [2.24, 2.45) is 0 Å². The highest BCUT2D eigenvalue weighted by atomic mass is 16.7. The molecule has 0 unspecified atom stereocenters. The molecule has 16 heteroatoms. The van der Waals surface area contributed by atoms with Crippen LogP contribution in [0.4, 0.5) is 4.79 Å². The van der Waals surface area contributed by atoms with Crippen LogP contribution in [-0.4, -0.2) is 102 Å². The predicted molar refractivity (Wildman–Crippen MR) is 169 cm³/mol. The van der Waals surface area contributed by atoms with Gasteiger partial charge in [0.1, 0.15) is 53.6 Å². The lowest BCUT2D eigenvalue weighted by molar-refractivity contribution is -0.271. The molecule has 0 bridgehead atoms. The summed E-state index contributed by atoms with van der Waals surface area (Å²) in [5, 5.41) is 57.9. The third kappa shape index (κ3) is 8.86. The van der Waals surface area contributed by atoms with Crippen molar-refractivity contribution in [2.45, 2.75) is 50.6 Å². The van der Waals surface area contributed by atoms with E-state index in [9.17, 15) is 45.0 Å². The Morgan fingerprint density at radius 2 is 1.48 bits per heavy atom. The van der Waals surface area contributed by atoms with E-state index in [0.717, 1.165) is 4.90 Å². The molecule has 0 saturated carbocycles. The molecule has 0 spiro atoms. The number of benzene rings is 3. The van der Waals surface area contributed by atoms with Crippen LogP contribution in [0.2, 0.25) is 0 Å². The zero-order valence-corrected chi connectivity index (χ0v) is 26.5. The number of amides is 1. The van der Waals surface area contributed by atoms with E-state index in [2.05, 4.69) is 4.98 Å². The van der Waals surface area contributed by atoms with Gasteiger partial charge in [-0.2, -0.15) is 0 Å². The lowest BCUT2D eigenvalue weighted by Crippen LogP contribution is -2.61. The highest BCUT2D eigenvalue weighted by Gasteiger charge is 2.48. The van der Waals surface area contributed by atoms with Crippen LogP contribution < -0.4 is 14.2 Å². The molecule has 1 aliphatic rings. The molecule has 0 aliphatic carbocycles. The number of aryl methyl sites for hydroxylation is 1. The molecule has 0 radical (unpaired) electrons. The Balaban J connectivity index is 1.13. The SMILES string of the molecule is Cc1oc(-c2ccc(O[C@@H]3O[C@H](C(=O)O)[C@@H](O)[C@H](O)[C@H]3O)cc2)nc1CCOc1ccc(CN(CC(=O)O)C(=O)Oc2ccc(O)cc2)cc1. The normalized spacial score (nSPS) is 20.1. The number of hydrogen-bond donors (Lipinski definition) is 6. The van der Waals surface area contributed by atoms with E-state index in [1.807, 2.05) is 0 Å². The van der Waals surface area contributed by atoms with Crippen molar-refractivity contribution in [1.82, 2.24) is 9.88 Å². The number of aromatic nitrogens is 1. The quantitative estimate of drug-likeness (QED) is 0.118. The first-order valence-corrected chi connectivity index (χ1v) is 15.2. The fraction of sp³-hybridized carbons (Fsp3) is 0.294. The van der Waals surface area contributed by atoms with Crippen LogP contribution in [0.25, 0.3) is 11.5 Å². The summed E-state index contributed by atoms with van der Waals surface area (Å²) in [6.45, 7) is 1.39. The molecular weight excluding hydrogens is 660 g/mol. The summed E-state index contributed by atoms with van der Waals surface area (Å²) >= 11 is 0. The van der Waals surface area contributed by atoms with Gasteiger partial charge in [0.2, 0.25) is 12.2 Å². The van der Waals surface area contributed by atoms with Crippen molar-refractivity contribution in [1.29, 1.82) is 0 Å². The smallest absolute Gasteiger partial charge is 0.416 e. The Morgan fingerprint density at radius 1 is 0.840 bits per heavy atom. The van der Waals surface area contributed by atoms with E-state index in [1.54, 1.807) is 43.3 Å². The van der Waals surface area contributed by atoms with Gasteiger partial charge < -0.3 is 54.0 Å². The van der Waals surface area contributed by atoms with Crippen LogP contribution in [0.15, 0.2) is 77.2 Å². The maximum atomic E-state index is 12.6. The van der Waals surface area contributed by atoms with Gasteiger partial charge in [-0.05, 0) is 73.2 Å². The molecule has 1 aliphatic heterocycles. The van der Waals surface area contributed by atoms with Gasteiger partial charge in [-0.15, -0.1) is 0 Å². The molecule has 4 aromatic rings. The molecule has 5 atom stereocenters. The predicted octanol–water partition coefficient (Wildman–Crippen LogP) is 2.33. The summed E-state index contributed by atoms with van der Waals surface area (Å²) in [6.07, 6.45) is -9.09. The fourth-order valence-corrected chi connectivity index (χ4v) is 4.95. The van der Waals surface area contributed by atoms with E-state index in [-0.39, 0.29) is 30.4 Å². The van der Waals surface area contributed by atoms with E-state index < -0.39 is 55.3 Å². The number of carbonyl (C=O) groups excluding carboxylic acids is 1. The minimum Gasteiger partial charge on any atom is -0.508 e. The molecule has 264 valence electrons. The van der Waals surface area contributed by atoms with Crippen LogP contribution in [0.5, 0.6) is 23.0 Å². The molecule has 5 rings (SSSR count). The number of aliphatic carboxylic acids is 2. The van der Waals surface area contributed by atoms with Crippen molar-refractivity contribution in [2.75, 3.05) is 13.2 Å². The molecule has 50 heavy (non-hydrogen) atoms. The average molecular weight is 695 g/mol. The van der Waals surface area contributed by atoms with Gasteiger partial charge >= 0.3 is 18.0 Å². The zero-order valence-electron chi connectivity index (χ0n) is 26.5. The van der Waals surface area contributed by atoms with Crippen molar-refractivity contribution >= 4 is 18.0 Å². The number of carboxylic acid groups (broad SMARTS) is 2. The number of aliphatic hydroxyl groups excluding tert-OH is 3. The van der Waals surface area contributed by atoms with Gasteiger partial charge in [0.25, 0.3) is 0 Å². The van der Waals surface area contributed by atoms with Gasteiger partial charge in [0, 0.05) is 18.5 Å². The molecule has 16 nitrogen and oxygen atoms in total. The number of aliphatic hydroxyl groups is 3. The number of ether oxygens (including phenoxy) is 4.